The van der Waals surface area contributed by atoms with Gasteiger partial charge in [-0.25, -0.2) is 4.79 Å². The van der Waals surface area contributed by atoms with Crippen LogP contribution in [0.5, 0.6) is 0 Å². The molecule has 1 aromatic carbocycles. The molecule has 5 nitrogen and oxygen atoms in total. The fraction of sp³-hybridized carbons (Fsp3) is 0. The molecule has 0 amide bonds. The second kappa shape index (κ2) is 3.89. The van der Waals surface area contributed by atoms with E-state index in [0.717, 1.165) is 16.5 Å². The molecular formula is C12H7ClN2O3. The number of nitrogens with zero attached hydrogens (tertiary/aromatic N) is 1. The first-order chi connectivity index (χ1) is 8.65. The molecule has 18 heavy (non-hydrogen) atoms. The highest BCUT2D eigenvalue weighted by atomic mass is 35.5. The second-order valence-electron chi connectivity index (χ2n) is 3.78. The maximum Gasteiger partial charge on any atom is 0.358 e. The lowest BCUT2D eigenvalue weighted by molar-refractivity contribution is 0.0686. The molecule has 3 rings (SSSR count). The van der Waals surface area contributed by atoms with Gasteiger partial charge in [-0.1, -0.05) is 16.8 Å². The van der Waals surface area contributed by atoms with Crippen molar-refractivity contribution in [3.63, 3.8) is 0 Å². The molecule has 90 valence electrons. The zero-order chi connectivity index (χ0) is 12.7. The highest BCUT2D eigenvalue weighted by Gasteiger charge is 2.13. The number of hydrogen-bond acceptors (Lipinski definition) is 3. The van der Waals surface area contributed by atoms with Crippen LogP contribution in [0.25, 0.3) is 22.2 Å². The van der Waals surface area contributed by atoms with Crippen molar-refractivity contribution < 1.29 is 14.4 Å². The number of rotatable bonds is 2. The summed E-state index contributed by atoms with van der Waals surface area (Å²) < 4.78 is 4.99. The van der Waals surface area contributed by atoms with Gasteiger partial charge in [0.05, 0.1) is 5.02 Å². The van der Waals surface area contributed by atoms with Gasteiger partial charge < -0.3 is 14.6 Å². The maximum atomic E-state index is 10.7. The summed E-state index contributed by atoms with van der Waals surface area (Å²) in [6, 6.07) is 6.85. The summed E-state index contributed by atoms with van der Waals surface area (Å²) >= 11 is 6.02. The zero-order valence-electron chi connectivity index (χ0n) is 8.98. The van der Waals surface area contributed by atoms with E-state index >= 15 is 0 Å². The number of nitrogens with one attached hydrogen (secondary N) is 1. The van der Waals surface area contributed by atoms with Crippen LogP contribution >= 0.6 is 11.6 Å². The topological polar surface area (TPSA) is 79.1 Å². The number of H-pyrrole nitrogens is 1. The van der Waals surface area contributed by atoms with Gasteiger partial charge in [0.15, 0.2) is 11.5 Å². The minimum Gasteiger partial charge on any atom is -0.476 e. The number of hydrogen-bond donors (Lipinski definition) is 2. The number of fused-ring (bicyclic) bond motifs is 1. The maximum absolute atomic E-state index is 10.7. The summed E-state index contributed by atoms with van der Waals surface area (Å²) in [5, 5.41) is 13.7. The fourth-order valence-electron chi connectivity index (χ4n) is 1.75. The molecule has 0 bridgehead atoms. The lowest BCUT2D eigenvalue weighted by atomic mass is 10.1. The summed E-state index contributed by atoms with van der Waals surface area (Å²) in [7, 11) is 0. The van der Waals surface area contributed by atoms with E-state index in [9.17, 15) is 4.79 Å². The van der Waals surface area contributed by atoms with E-state index in [1.54, 1.807) is 12.3 Å². The van der Waals surface area contributed by atoms with Gasteiger partial charge in [0, 0.05) is 28.7 Å². The minimum atomic E-state index is -1.12. The second-order valence-corrected chi connectivity index (χ2v) is 4.19. The number of carbonyl (C=O) groups is 1. The summed E-state index contributed by atoms with van der Waals surface area (Å²) in [6.45, 7) is 0. The Labute approximate surface area is 106 Å². The lowest BCUT2D eigenvalue weighted by Crippen LogP contribution is -1.94. The normalized spacial score (nSPS) is 10.9. The van der Waals surface area contributed by atoms with Crippen LogP contribution in [-0.4, -0.2) is 21.2 Å². The highest BCUT2D eigenvalue weighted by molar-refractivity contribution is 6.35. The molecule has 0 aliphatic rings. The Balaban J connectivity index is 2.12. The Morgan fingerprint density at radius 1 is 1.39 bits per heavy atom. The number of aromatic carboxylic acids is 1. The van der Waals surface area contributed by atoms with E-state index in [1.807, 2.05) is 12.1 Å². The Bertz CT molecular complexity index is 745. The summed E-state index contributed by atoms with van der Waals surface area (Å²) in [5.41, 5.74) is 1.51. The van der Waals surface area contributed by atoms with Gasteiger partial charge in [0.2, 0.25) is 0 Å². The van der Waals surface area contributed by atoms with Crippen molar-refractivity contribution in [2.24, 2.45) is 0 Å². The first-order valence-corrected chi connectivity index (χ1v) is 5.50. The number of carboxylic acid groups (broad SMARTS) is 1. The van der Waals surface area contributed by atoms with Gasteiger partial charge in [0.25, 0.3) is 0 Å². The monoisotopic (exact) mass is 262 g/mol. The molecule has 2 aromatic heterocycles. The third kappa shape index (κ3) is 1.65. The zero-order valence-corrected chi connectivity index (χ0v) is 9.73. The van der Waals surface area contributed by atoms with Gasteiger partial charge in [-0.3, -0.25) is 0 Å². The first kappa shape index (κ1) is 10.9. The van der Waals surface area contributed by atoms with Crippen molar-refractivity contribution >= 4 is 28.5 Å². The smallest absolute Gasteiger partial charge is 0.358 e. The predicted molar refractivity (Wildman–Crippen MR) is 65.8 cm³/mol. The van der Waals surface area contributed by atoms with Gasteiger partial charge in [-0.2, -0.15) is 0 Å². The average molecular weight is 263 g/mol. The first-order valence-electron chi connectivity index (χ1n) is 5.12. The predicted octanol–water partition coefficient (Wildman–Crippen LogP) is 3.17. The quantitative estimate of drug-likeness (QED) is 0.743. The average Bonchev–Trinajstić information content (AvgIpc) is 2.96. The van der Waals surface area contributed by atoms with Crippen LogP contribution in [0.1, 0.15) is 10.5 Å². The third-order valence-corrected chi connectivity index (χ3v) is 2.96. The molecule has 0 spiro atoms. The van der Waals surface area contributed by atoms with Crippen molar-refractivity contribution in [2.45, 2.75) is 0 Å². The van der Waals surface area contributed by atoms with Crippen molar-refractivity contribution in [2.75, 3.05) is 0 Å². The van der Waals surface area contributed by atoms with Crippen LogP contribution in [0.4, 0.5) is 0 Å². The molecule has 0 atom stereocenters. The summed E-state index contributed by atoms with van der Waals surface area (Å²) in [4.78, 5) is 13.7. The Morgan fingerprint density at radius 2 is 2.22 bits per heavy atom. The van der Waals surface area contributed by atoms with Crippen LogP contribution < -0.4 is 0 Å². The SMILES string of the molecule is O=C(O)c1cc(-c2ccc3[nH]cc(Cl)c3c2)on1. The van der Waals surface area contributed by atoms with Crippen LogP contribution in [0.2, 0.25) is 5.02 Å². The number of aromatic nitrogens is 2. The van der Waals surface area contributed by atoms with Crippen LogP contribution in [-0.2, 0) is 0 Å². The van der Waals surface area contributed by atoms with Crippen molar-refractivity contribution in [3.05, 3.63) is 41.2 Å². The fourth-order valence-corrected chi connectivity index (χ4v) is 1.96. The number of aromatic amines is 1. The van der Waals surface area contributed by atoms with E-state index in [-0.39, 0.29) is 5.69 Å². The molecule has 0 fully saturated rings. The Hall–Kier alpha value is -2.27. The molecule has 6 heteroatoms. The minimum absolute atomic E-state index is 0.120. The molecule has 0 radical (unpaired) electrons. The van der Waals surface area contributed by atoms with Crippen LogP contribution in [0.15, 0.2) is 35.0 Å². The van der Waals surface area contributed by atoms with Gasteiger partial charge in [-0.05, 0) is 18.2 Å². The number of benzene rings is 1. The van der Waals surface area contributed by atoms with E-state index in [0.29, 0.717) is 10.8 Å². The molecule has 0 aliphatic heterocycles. The van der Waals surface area contributed by atoms with E-state index in [2.05, 4.69) is 10.1 Å². The number of halogens is 1. The van der Waals surface area contributed by atoms with E-state index in [1.165, 1.54) is 6.07 Å². The van der Waals surface area contributed by atoms with E-state index in [4.69, 9.17) is 21.2 Å². The van der Waals surface area contributed by atoms with Gasteiger partial charge in [-0.15, -0.1) is 0 Å². The molecule has 0 saturated heterocycles. The van der Waals surface area contributed by atoms with E-state index < -0.39 is 5.97 Å². The molecular weight excluding hydrogens is 256 g/mol. The largest absolute Gasteiger partial charge is 0.476 e. The lowest BCUT2D eigenvalue weighted by Gasteiger charge is -1.96. The van der Waals surface area contributed by atoms with Crippen molar-refractivity contribution in [3.8, 4) is 11.3 Å². The molecule has 0 unspecified atom stereocenters. The van der Waals surface area contributed by atoms with Gasteiger partial charge >= 0.3 is 5.97 Å². The molecule has 3 aromatic rings. The highest BCUT2D eigenvalue weighted by Crippen LogP contribution is 2.29. The molecule has 2 N–H and O–H groups in total. The molecule has 2 heterocycles. The van der Waals surface area contributed by atoms with Crippen molar-refractivity contribution in [1.29, 1.82) is 0 Å². The van der Waals surface area contributed by atoms with Crippen LogP contribution in [0, 0.1) is 0 Å². The Morgan fingerprint density at radius 3 is 2.94 bits per heavy atom. The third-order valence-electron chi connectivity index (χ3n) is 2.65. The standard InChI is InChI=1S/C12H7ClN2O3/c13-8-5-14-9-2-1-6(3-7(8)9)11-4-10(12(16)17)15-18-11/h1-5,14H,(H,16,17). The summed E-state index contributed by atoms with van der Waals surface area (Å²) in [5.74, 6) is -0.725. The summed E-state index contributed by atoms with van der Waals surface area (Å²) in [6.07, 6.45) is 1.69. The molecule has 0 saturated carbocycles. The molecule has 0 aliphatic carbocycles. The van der Waals surface area contributed by atoms with Crippen LogP contribution in [0.3, 0.4) is 0 Å². The number of carboxylic acids is 1. The van der Waals surface area contributed by atoms with Gasteiger partial charge in [0.1, 0.15) is 0 Å². The Kier molecular flexibility index (Phi) is 2.34. The van der Waals surface area contributed by atoms with Crippen molar-refractivity contribution in [1.82, 2.24) is 10.1 Å².